The van der Waals surface area contributed by atoms with Crippen molar-refractivity contribution in [2.45, 2.75) is 12.7 Å². The Hall–Kier alpha value is -2.15. The number of benzene rings is 1. The first-order chi connectivity index (χ1) is 10.1. The van der Waals surface area contributed by atoms with Gasteiger partial charge < -0.3 is 14.8 Å². The van der Waals surface area contributed by atoms with Crippen molar-refractivity contribution < 1.29 is 18.3 Å². The predicted molar refractivity (Wildman–Crippen MR) is 73.7 cm³/mol. The van der Waals surface area contributed by atoms with Gasteiger partial charge in [-0.2, -0.15) is 13.9 Å². The van der Waals surface area contributed by atoms with Crippen LogP contribution in [0.3, 0.4) is 0 Å². The second-order valence-corrected chi connectivity index (χ2v) is 4.39. The maximum atomic E-state index is 12.3. The third kappa shape index (κ3) is 3.30. The number of hydrogen-bond donors (Lipinski definition) is 1. The lowest BCUT2D eigenvalue weighted by atomic mass is 10.0. The summed E-state index contributed by atoms with van der Waals surface area (Å²) in [5.74, 6) is 0.737. The zero-order valence-corrected chi connectivity index (χ0v) is 12.0. The lowest BCUT2D eigenvalue weighted by Crippen LogP contribution is -2.21. The van der Waals surface area contributed by atoms with Crippen molar-refractivity contribution in [2.75, 3.05) is 14.2 Å². The molecule has 0 saturated heterocycles. The average molecular weight is 297 g/mol. The Morgan fingerprint density at radius 3 is 2.71 bits per heavy atom. The molecule has 0 fully saturated rings. The van der Waals surface area contributed by atoms with Crippen LogP contribution in [0.4, 0.5) is 8.78 Å². The van der Waals surface area contributed by atoms with Crippen molar-refractivity contribution in [2.24, 2.45) is 7.05 Å². The first kappa shape index (κ1) is 15.2. The van der Waals surface area contributed by atoms with E-state index in [1.807, 2.05) is 6.07 Å². The molecule has 1 unspecified atom stereocenters. The maximum Gasteiger partial charge on any atom is 0.387 e. The number of halogens is 2. The smallest absolute Gasteiger partial charge is 0.387 e. The topological polar surface area (TPSA) is 48.3 Å². The van der Waals surface area contributed by atoms with Crippen molar-refractivity contribution in [3.05, 3.63) is 41.7 Å². The highest BCUT2D eigenvalue weighted by Crippen LogP contribution is 2.31. The van der Waals surface area contributed by atoms with Gasteiger partial charge in [-0.15, -0.1) is 0 Å². The molecule has 2 rings (SSSR count). The van der Waals surface area contributed by atoms with Gasteiger partial charge in [-0.3, -0.25) is 4.68 Å². The molecule has 0 aliphatic rings. The molecule has 0 amide bonds. The standard InChI is InChI=1S/C14H17F2N3O2/c1-17-12(13-11(20-3)8-18-19(13)2)9-5-4-6-10(7-9)21-14(15)16/h4-8,12,14,17H,1-3H3. The van der Waals surface area contributed by atoms with E-state index in [-0.39, 0.29) is 11.8 Å². The van der Waals surface area contributed by atoms with Gasteiger partial charge in [0.2, 0.25) is 0 Å². The van der Waals surface area contributed by atoms with E-state index in [1.54, 1.807) is 44.2 Å². The van der Waals surface area contributed by atoms with Crippen LogP contribution in [0.2, 0.25) is 0 Å². The van der Waals surface area contributed by atoms with Crippen LogP contribution in [-0.4, -0.2) is 30.5 Å². The third-order valence-electron chi connectivity index (χ3n) is 3.15. The molecule has 2 aromatic rings. The fraction of sp³-hybridized carbons (Fsp3) is 0.357. The van der Waals surface area contributed by atoms with Crippen LogP contribution in [0.5, 0.6) is 11.5 Å². The second-order valence-electron chi connectivity index (χ2n) is 4.39. The molecule has 0 radical (unpaired) electrons. The van der Waals surface area contributed by atoms with Crippen molar-refractivity contribution in [3.63, 3.8) is 0 Å². The van der Waals surface area contributed by atoms with E-state index in [4.69, 9.17) is 4.74 Å². The summed E-state index contributed by atoms with van der Waals surface area (Å²) < 4.78 is 36.0. The minimum atomic E-state index is -2.85. The minimum absolute atomic E-state index is 0.115. The number of ether oxygens (including phenoxy) is 2. The number of nitrogens with one attached hydrogen (secondary N) is 1. The Balaban J connectivity index is 2.39. The Labute approximate surface area is 121 Å². The molecule has 0 bridgehead atoms. The first-order valence-corrected chi connectivity index (χ1v) is 6.34. The zero-order chi connectivity index (χ0) is 15.4. The van der Waals surface area contributed by atoms with Gasteiger partial charge >= 0.3 is 6.61 Å². The van der Waals surface area contributed by atoms with Crippen LogP contribution in [0.25, 0.3) is 0 Å². The van der Waals surface area contributed by atoms with Crippen LogP contribution < -0.4 is 14.8 Å². The molecule has 7 heteroatoms. The molecule has 0 spiro atoms. The number of hydrogen-bond acceptors (Lipinski definition) is 4. The van der Waals surface area contributed by atoms with E-state index in [2.05, 4.69) is 15.2 Å². The minimum Gasteiger partial charge on any atom is -0.493 e. The van der Waals surface area contributed by atoms with E-state index >= 15 is 0 Å². The number of aromatic nitrogens is 2. The Bertz CT molecular complexity index is 602. The molecule has 1 aromatic carbocycles. The second kappa shape index (κ2) is 6.53. The summed E-state index contributed by atoms with van der Waals surface area (Å²) in [6, 6.07) is 6.29. The highest BCUT2D eigenvalue weighted by atomic mass is 19.3. The molecular weight excluding hydrogens is 280 g/mol. The van der Waals surface area contributed by atoms with Crippen molar-refractivity contribution in [1.82, 2.24) is 15.1 Å². The molecule has 5 nitrogen and oxygen atoms in total. The van der Waals surface area contributed by atoms with Crippen LogP contribution in [0, 0.1) is 0 Å². The molecule has 21 heavy (non-hydrogen) atoms. The molecule has 114 valence electrons. The van der Waals surface area contributed by atoms with E-state index in [9.17, 15) is 8.78 Å². The van der Waals surface area contributed by atoms with Gasteiger partial charge in [-0.1, -0.05) is 12.1 Å². The normalized spacial score (nSPS) is 12.5. The van der Waals surface area contributed by atoms with Gasteiger partial charge in [0.1, 0.15) is 11.4 Å². The van der Waals surface area contributed by atoms with Gasteiger partial charge in [0, 0.05) is 7.05 Å². The quantitative estimate of drug-likeness (QED) is 0.889. The molecule has 1 heterocycles. The molecule has 1 aromatic heterocycles. The number of methoxy groups -OCH3 is 1. The average Bonchev–Trinajstić information content (AvgIpc) is 2.81. The summed E-state index contributed by atoms with van der Waals surface area (Å²) in [5, 5.41) is 7.29. The van der Waals surface area contributed by atoms with Gasteiger partial charge in [-0.25, -0.2) is 0 Å². The summed E-state index contributed by atoms with van der Waals surface area (Å²) in [4.78, 5) is 0. The monoisotopic (exact) mass is 297 g/mol. The summed E-state index contributed by atoms with van der Waals surface area (Å²) in [6.45, 7) is -2.85. The number of rotatable bonds is 6. The lowest BCUT2D eigenvalue weighted by molar-refractivity contribution is -0.0498. The van der Waals surface area contributed by atoms with E-state index in [1.165, 1.54) is 6.07 Å². The van der Waals surface area contributed by atoms with Crippen molar-refractivity contribution in [3.8, 4) is 11.5 Å². The van der Waals surface area contributed by atoms with E-state index < -0.39 is 6.61 Å². The van der Waals surface area contributed by atoms with Gasteiger partial charge in [0.15, 0.2) is 5.75 Å². The zero-order valence-electron chi connectivity index (χ0n) is 12.0. The maximum absolute atomic E-state index is 12.3. The Kier molecular flexibility index (Phi) is 4.74. The summed E-state index contributed by atoms with van der Waals surface area (Å²) in [6.07, 6.45) is 1.61. The van der Waals surface area contributed by atoms with Crippen molar-refractivity contribution >= 4 is 0 Å². The van der Waals surface area contributed by atoms with E-state index in [0.717, 1.165) is 11.3 Å². The lowest BCUT2D eigenvalue weighted by Gasteiger charge is -2.19. The summed E-state index contributed by atoms with van der Waals surface area (Å²) in [7, 11) is 5.13. The highest BCUT2D eigenvalue weighted by Gasteiger charge is 2.21. The number of aryl methyl sites for hydroxylation is 1. The van der Waals surface area contributed by atoms with Gasteiger partial charge in [0.25, 0.3) is 0 Å². The van der Waals surface area contributed by atoms with Crippen LogP contribution in [0.1, 0.15) is 17.3 Å². The van der Waals surface area contributed by atoms with Crippen LogP contribution in [-0.2, 0) is 7.05 Å². The molecule has 0 saturated carbocycles. The SMILES string of the molecule is CNC(c1cccc(OC(F)F)c1)c1c(OC)cnn1C. The number of alkyl halides is 2. The summed E-state index contributed by atoms with van der Waals surface area (Å²) >= 11 is 0. The molecular formula is C14H17F2N3O2. The van der Waals surface area contributed by atoms with E-state index in [0.29, 0.717) is 5.75 Å². The summed E-state index contributed by atoms with van der Waals surface area (Å²) in [5.41, 5.74) is 1.58. The van der Waals surface area contributed by atoms with Gasteiger partial charge in [0.05, 0.1) is 19.3 Å². The molecule has 0 aliphatic carbocycles. The predicted octanol–water partition coefficient (Wildman–Crippen LogP) is 2.34. The van der Waals surface area contributed by atoms with Crippen LogP contribution in [0.15, 0.2) is 30.5 Å². The van der Waals surface area contributed by atoms with Crippen molar-refractivity contribution in [1.29, 1.82) is 0 Å². The fourth-order valence-corrected chi connectivity index (χ4v) is 2.24. The highest BCUT2D eigenvalue weighted by molar-refractivity contribution is 5.39. The third-order valence-corrected chi connectivity index (χ3v) is 3.15. The first-order valence-electron chi connectivity index (χ1n) is 6.34. The number of nitrogens with zero attached hydrogens (tertiary/aromatic N) is 2. The van der Waals surface area contributed by atoms with Crippen LogP contribution >= 0.6 is 0 Å². The van der Waals surface area contributed by atoms with Gasteiger partial charge in [-0.05, 0) is 24.7 Å². The molecule has 0 aliphatic heterocycles. The fourth-order valence-electron chi connectivity index (χ4n) is 2.24. The Morgan fingerprint density at radius 1 is 1.33 bits per heavy atom. The molecule has 1 atom stereocenters. The Morgan fingerprint density at radius 2 is 2.10 bits per heavy atom. The largest absolute Gasteiger partial charge is 0.493 e. The molecule has 1 N–H and O–H groups in total.